The Morgan fingerprint density at radius 1 is 0.571 bits per heavy atom. The molecule has 4 heteroatoms. The molecule has 7 aromatic rings. The SMILES string of the molecule is Cc1c[c-]c(-c2ccc(C)cn2)cc1.Cc1cc(C)c(-c2cc(-c3[c-]ccc4c3Oc3ccc(C)c5cccc-4c35)ncc2C)c(C)c1.[Ir]. The number of nitrogens with zero attached hydrogens (tertiary/aromatic N) is 2. The first-order chi connectivity index (χ1) is 23.2. The van der Waals surface area contributed by atoms with Crippen molar-refractivity contribution in [1.82, 2.24) is 9.97 Å². The Labute approximate surface area is 303 Å². The summed E-state index contributed by atoms with van der Waals surface area (Å²) in [4.78, 5) is 9.17. The smallest absolute Gasteiger partial charge is 0.123 e. The molecule has 1 aliphatic heterocycles. The van der Waals surface area contributed by atoms with Gasteiger partial charge in [0.15, 0.2) is 0 Å². The van der Waals surface area contributed by atoms with Crippen LogP contribution in [0.3, 0.4) is 0 Å². The third-order valence-corrected chi connectivity index (χ3v) is 9.13. The van der Waals surface area contributed by atoms with E-state index in [4.69, 9.17) is 9.72 Å². The molecule has 0 saturated carbocycles. The van der Waals surface area contributed by atoms with Crippen molar-refractivity contribution in [1.29, 1.82) is 0 Å². The third kappa shape index (κ3) is 6.59. The van der Waals surface area contributed by atoms with Crippen LogP contribution < -0.4 is 4.74 Å². The zero-order chi connectivity index (χ0) is 33.5. The van der Waals surface area contributed by atoms with E-state index >= 15 is 0 Å². The molecule has 0 atom stereocenters. The number of ether oxygens (including phenoxy) is 1. The van der Waals surface area contributed by atoms with Gasteiger partial charge >= 0.3 is 0 Å². The van der Waals surface area contributed by atoms with Gasteiger partial charge in [0.25, 0.3) is 0 Å². The number of aryl methyl sites for hydroxylation is 7. The predicted molar refractivity (Wildman–Crippen MR) is 199 cm³/mol. The second-order valence-electron chi connectivity index (χ2n) is 13.0. The Kier molecular flexibility index (Phi) is 9.65. The molecular weight excluding hydrogens is 777 g/mol. The number of fused-ring (bicyclic) bond motifs is 2. The first-order valence-corrected chi connectivity index (χ1v) is 16.4. The number of benzene rings is 5. The summed E-state index contributed by atoms with van der Waals surface area (Å²) in [5, 5.41) is 2.41. The molecule has 0 bridgehead atoms. The van der Waals surface area contributed by atoms with Crippen LogP contribution in [-0.2, 0) is 20.1 Å². The predicted octanol–water partition coefficient (Wildman–Crippen LogP) is 11.8. The maximum Gasteiger partial charge on any atom is 0.123 e. The number of hydrogen-bond donors (Lipinski definition) is 0. The second-order valence-corrected chi connectivity index (χ2v) is 13.0. The molecule has 0 N–H and O–H groups in total. The Hall–Kier alpha value is -4.89. The van der Waals surface area contributed by atoms with Crippen molar-refractivity contribution < 1.29 is 24.8 Å². The molecular formula is C45H38IrN2O-2. The van der Waals surface area contributed by atoms with E-state index in [0.29, 0.717) is 0 Å². The van der Waals surface area contributed by atoms with Gasteiger partial charge in [0.2, 0.25) is 0 Å². The van der Waals surface area contributed by atoms with Gasteiger partial charge in [-0.1, -0.05) is 78.2 Å². The molecule has 49 heavy (non-hydrogen) atoms. The Morgan fingerprint density at radius 2 is 1.33 bits per heavy atom. The average Bonchev–Trinajstić information content (AvgIpc) is 3.08. The van der Waals surface area contributed by atoms with E-state index in [1.54, 1.807) is 0 Å². The Balaban J connectivity index is 0.000000234. The molecule has 0 unspecified atom stereocenters. The molecule has 2 aromatic heterocycles. The zero-order valence-corrected chi connectivity index (χ0v) is 31.3. The molecule has 1 radical (unpaired) electrons. The second kappa shape index (κ2) is 13.9. The van der Waals surface area contributed by atoms with Crippen molar-refractivity contribution in [3.63, 3.8) is 0 Å². The summed E-state index contributed by atoms with van der Waals surface area (Å²) in [6.45, 7) is 14.9. The van der Waals surface area contributed by atoms with Crippen molar-refractivity contribution in [3.8, 4) is 56.3 Å². The van der Waals surface area contributed by atoms with Crippen LogP contribution in [0.15, 0.2) is 103 Å². The Bertz CT molecular complexity index is 2260. The summed E-state index contributed by atoms with van der Waals surface area (Å²) in [7, 11) is 0. The molecule has 0 spiro atoms. The topological polar surface area (TPSA) is 35.0 Å². The van der Waals surface area contributed by atoms with Crippen LogP contribution in [-0.4, -0.2) is 9.97 Å². The van der Waals surface area contributed by atoms with Gasteiger partial charge in [-0.3, -0.25) is 0 Å². The van der Waals surface area contributed by atoms with Gasteiger partial charge in [-0.25, -0.2) is 0 Å². The fraction of sp³-hybridized carbons (Fsp3) is 0.156. The minimum atomic E-state index is 0. The maximum atomic E-state index is 6.56. The van der Waals surface area contributed by atoms with Gasteiger partial charge in [0.05, 0.1) is 5.75 Å². The summed E-state index contributed by atoms with van der Waals surface area (Å²) in [6, 6.07) is 38.3. The molecule has 3 nitrogen and oxygen atoms in total. The summed E-state index contributed by atoms with van der Waals surface area (Å²) >= 11 is 0. The molecule has 3 heterocycles. The fourth-order valence-electron chi connectivity index (χ4n) is 6.76. The van der Waals surface area contributed by atoms with Crippen molar-refractivity contribution >= 4 is 10.8 Å². The van der Waals surface area contributed by atoms with E-state index in [2.05, 4.69) is 125 Å². The first kappa shape index (κ1) is 34.0. The molecule has 8 rings (SSSR count). The molecule has 245 valence electrons. The van der Waals surface area contributed by atoms with Crippen molar-refractivity contribution in [2.45, 2.75) is 48.5 Å². The Morgan fingerprint density at radius 3 is 2.04 bits per heavy atom. The molecule has 0 saturated heterocycles. The van der Waals surface area contributed by atoms with E-state index in [1.807, 2.05) is 43.6 Å². The fourth-order valence-corrected chi connectivity index (χ4v) is 6.76. The molecule has 0 aliphatic carbocycles. The van der Waals surface area contributed by atoms with Gasteiger partial charge in [-0.15, -0.1) is 53.6 Å². The molecule has 0 amide bonds. The van der Waals surface area contributed by atoms with Crippen LogP contribution in [0, 0.1) is 60.6 Å². The van der Waals surface area contributed by atoms with Gasteiger partial charge in [-0.05, 0) is 109 Å². The number of pyridine rings is 2. The number of aromatic nitrogens is 2. The van der Waals surface area contributed by atoms with Gasteiger partial charge in [-0.2, -0.15) is 0 Å². The van der Waals surface area contributed by atoms with Crippen LogP contribution in [0.2, 0.25) is 0 Å². The van der Waals surface area contributed by atoms with Gasteiger partial charge in [0, 0.05) is 37.9 Å². The zero-order valence-electron chi connectivity index (χ0n) is 29.0. The molecule has 5 aromatic carbocycles. The summed E-state index contributed by atoms with van der Waals surface area (Å²) in [5.74, 6) is 1.72. The number of hydrogen-bond acceptors (Lipinski definition) is 3. The van der Waals surface area contributed by atoms with E-state index in [1.165, 1.54) is 60.8 Å². The van der Waals surface area contributed by atoms with E-state index in [9.17, 15) is 0 Å². The van der Waals surface area contributed by atoms with Crippen molar-refractivity contribution in [2.75, 3.05) is 0 Å². The first-order valence-electron chi connectivity index (χ1n) is 16.4. The molecule has 1 aliphatic rings. The minimum Gasteiger partial charge on any atom is -0.501 e. The van der Waals surface area contributed by atoms with E-state index in [-0.39, 0.29) is 20.1 Å². The van der Waals surface area contributed by atoms with Crippen LogP contribution in [0.5, 0.6) is 11.5 Å². The van der Waals surface area contributed by atoms with Crippen LogP contribution in [0.4, 0.5) is 0 Å². The summed E-state index contributed by atoms with van der Waals surface area (Å²) < 4.78 is 6.56. The standard InChI is InChI=1S/C32H26NO.C13H12N.Ir/c1-18-14-20(3)30(21(4)15-18)27-16-28(33-17-22(27)5)26-11-7-10-25-24-9-6-8-23-19(2)12-13-29(31(23)24)34-32(25)26;1-10-3-6-12(7-4-10)13-8-5-11(2)9-14-13;/h6-10,12-17H,1-5H3;3-6,8-9H,1-2H3;/q2*-1;. The van der Waals surface area contributed by atoms with Crippen LogP contribution in [0.25, 0.3) is 55.5 Å². The average molecular weight is 815 g/mol. The van der Waals surface area contributed by atoms with Crippen molar-refractivity contribution in [3.05, 3.63) is 154 Å². The van der Waals surface area contributed by atoms with Crippen molar-refractivity contribution in [2.24, 2.45) is 0 Å². The summed E-state index contributed by atoms with van der Waals surface area (Å²) in [5.41, 5.74) is 17.2. The van der Waals surface area contributed by atoms with Crippen LogP contribution >= 0.6 is 0 Å². The van der Waals surface area contributed by atoms with E-state index in [0.717, 1.165) is 45.1 Å². The number of rotatable bonds is 3. The monoisotopic (exact) mass is 815 g/mol. The third-order valence-electron chi connectivity index (χ3n) is 9.13. The van der Waals surface area contributed by atoms with Crippen LogP contribution in [0.1, 0.15) is 38.9 Å². The quantitative estimate of drug-likeness (QED) is 0.167. The van der Waals surface area contributed by atoms with Gasteiger partial charge in [0.1, 0.15) is 5.75 Å². The maximum absolute atomic E-state index is 6.56. The van der Waals surface area contributed by atoms with E-state index < -0.39 is 0 Å². The summed E-state index contributed by atoms with van der Waals surface area (Å²) in [6.07, 6.45) is 3.85. The largest absolute Gasteiger partial charge is 0.501 e. The molecule has 0 fully saturated rings. The van der Waals surface area contributed by atoms with Gasteiger partial charge < -0.3 is 14.7 Å². The normalized spacial score (nSPS) is 11.2. The minimum absolute atomic E-state index is 0.